The van der Waals surface area contributed by atoms with Crippen molar-refractivity contribution in [1.29, 1.82) is 0 Å². The van der Waals surface area contributed by atoms with Gasteiger partial charge < -0.3 is 24.2 Å². The smallest absolute Gasteiger partial charge is 0.409 e. The summed E-state index contributed by atoms with van der Waals surface area (Å²) in [7, 11) is 0. The lowest BCUT2D eigenvalue weighted by molar-refractivity contribution is 0.0299. The van der Waals surface area contributed by atoms with Crippen LogP contribution in [0.25, 0.3) is 0 Å². The minimum Gasteiger partial charge on any atom is -0.450 e. The highest BCUT2D eigenvalue weighted by Crippen LogP contribution is 2.18. The number of anilines is 1. The van der Waals surface area contributed by atoms with Gasteiger partial charge in [0, 0.05) is 51.2 Å². The van der Waals surface area contributed by atoms with E-state index in [4.69, 9.17) is 9.47 Å². The third kappa shape index (κ3) is 4.19. The first-order valence-electron chi connectivity index (χ1n) is 8.68. The Balaban J connectivity index is 1.62. The summed E-state index contributed by atoms with van der Waals surface area (Å²) in [6, 6.07) is 3.73. The second kappa shape index (κ2) is 8.15. The van der Waals surface area contributed by atoms with Crippen molar-refractivity contribution in [2.75, 3.05) is 64.0 Å². The van der Waals surface area contributed by atoms with Crippen molar-refractivity contribution in [1.82, 2.24) is 14.8 Å². The molecule has 0 saturated carbocycles. The van der Waals surface area contributed by atoms with Crippen molar-refractivity contribution < 1.29 is 19.1 Å². The van der Waals surface area contributed by atoms with Gasteiger partial charge in [-0.2, -0.15) is 0 Å². The van der Waals surface area contributed by atoms with Crippen LogP contribution in [-0.2, 0) is 9.47 Å². The Kier molecular flexibility index (Phi) is 5.70. The second-order valence-corrected chi connectivity index (χ2v) is 5.98. The summed E-state index contributed by atoms with van der Waals surface area (Å²) in [5.41, 5.74) is 1.40. The van der Waals surface area contributed by atoms with Crippen LogP contribution >= 0.6 is 0 Å². The molecular formula is C17H24N4O4. The third-order valence-electron chi connectivity index (χ3n) is 4.43. The fraction of sp³-hybridized carbons (Fsp3) is 0.588. The summed E-state index contributed by atoms with van der Waals surface area (Å²) >= 11 is 0. The molecule has 0 unspecified atom stereocenters. The average molecular weight is 348 g/mol. The molecule has 3 heterocycles. The normalized spacial score (nSPS) is 18.2. The molecule has 0 aromatic carbocycles. The summed E-state index contributed by atoms with van der Waals surface area (Å²) in [6.07, 6.45) is 1.40. The van der Waals surface area contributed by atoms with Gasteiger partial charge in [-0.25, -0.2) is 4.79 Å². The van der Waals surface area contributed by atoms with Crippen molar-refractivity contribution in [2.45, 2.75) is 6.92 Å². The monoisotopic (exact) mass is 348 g/mol. The molecule has 8 nitrogen and oxygen atoms in total. The van der Waals surface area contributed by atoms with Crippen LogP contribution < -0.4 is 4.90 Å². The molecule has 1 aromatic rings. The summed E-state index contributed by atoms with van der Waals surface area (Å²) in [4.78, 5) is 34.2. The lowest BCUT2D eigenvalue weighted by atomic mass is 10.2. The van der Waals surface area contributed by atoms with Crippen LogP contribution in [0, 0.1) is 0 Å². The predicted octanol–water partition coefficient (Wildman–Crippen LogP) is 0.833. The molecule has 2 fully saturated rings. The Morgan fingerprint density at radius 3 is 2.52 bits per heavy atom. The van der Waals surface area contributed by atoms with E-state index in [1.54, 1.807) is 22.9 Å². The topological polar surface area (TPSA) is 75.2 Å². The van der Waals surface area contributed by atoms with E-state index in [0.29, 0.717) is 64.8 Å². The van der Waals surface area contributed by atoms with Gasteiger partial charge in [0.1, 0.15) is 5.69 Å². The molecule has 0 bridgehead atoms. The van der Waals surface area contributed by atoms with Gasteiger partial charge in [-0.1, -0.05) is 0 Å². The molecule has 2 amide bonds. The molecule has 25 heavy (non-hydrogen) atoms. The van der Waals surface area contributed by atoms with Crippen LogP contribution in [0.1, 0.15) is 17.4 Å². The van der Waals surface area contributed by atoms with E-state index >= 15 is 0 Å². The Labute approximate surface area is 147 Å². The molecule has 136 valence electrons. The van der Waals surface area contributed by atoms with Crippen molar-refractivity contribution >= 4 is 17.7 Å². The fourth-order valence-corrected chi connectivity index (χ4v) is 3.02. The van der Waals surface area contributed by atoms with Crippen molar-refractivity contribution in [3.63, 3.8) is 0 Å². The Hall–Kier alpha value is -2.35. The fourth-order valence-electron chi connectivity index (χ4n) is 3.02. The SMILES string of the molecule is CCOC(=O)N1CCN(c2ccnc(C(=O)N3CCOCC3)c2)CC1. The Morgan fingerprint density at radius 1 is 1.12 bits per heavy atom. The number of hydrogen-bond acceptors (Lipinski definition) is 6. The van der Waals surface area contributed by atoms with Gasteiger partial charge in [0.2, 0.25) is 0 Å². The van der Waals surface area contributed by atoms with Gasteiger partial charge in [-0.15, -0.1) is 0 Å². The minimum absolute atomic E-state index is 0.0599. The van der Waals surface area contributed by atoms with Crippen LogP contribution in [0.2, 0.25) is 0 Å². The molecule has 0 N–H and O–H groups in total. The highest BCUT2D eigenvalue weighted by Gasteiger charge is 2.24. The Bertz CT molecular complexity index is 610. The molecule has 3 rings (SSSR count). The molecule has 2 aliphatic rings. The molecule has 8 heteroatoms. The number of pyridine rings is 1. The van der Waals surface area contributed by atoms with Crippen molar-refractivity contribution in [3.8, 4) is 0 Å². The molecule has 2 aliphatic heterocycles. The second-order valence-electron chi connectivity index (χ2n) is 5.98. The zero-order valence-corrected chi connectivity index (χ0v) is 14.5. The van der Waals surface area contributed by atoms with E-state index in [1.165, 1.54) is 0 Å². The van der Waals surface area contributed by atoms with Gasteiger partial charge in [-0.3, -0.25) is 9.78 Å². The zero-order chi connectivity index (χ0) is 17.6. The highest BCUT2D eigenvalue weighted by atomic mass is 16.6. The number of carbonyl (C=O) groups is 2. The van der Waals surface area contributed by atoms with Crippen LogP contribution in [0.4, 0.5) is 10.5 Å². The van der Waals surface area contributed by atoms with Crippen LogP contribution in [-0.4, -0.2) is 85.9 Å². The van der Waals surface area contributed by atoms with E-state index in [9.17, 15) is 9.59 Å². The van der Waals surface area contributed by atoms with E-state index in [0.717, 1.165) is 5.69 Å². The van der Waals surface area contributed by atoms with Gasteiger partial charge in [-0.05, 0) is 19.1 Å². The number of carbonyl (C=O) groups excluding carboxylic acids is 2. The lowest BCUT2D eigenvalue weighted by Gasteiger charge is -2.35. The van der Waals surface area contributed by atoms with Gasteiger partial charge in [0.15, 0.2) is 0 Å². The number of piperazine rings is 1. The van der Waals surface area contributed by atoms with E-state index in [2.05, 4.69) is 9.88 Å². The molecule has 0 aliphatic carbocycles. The summed E-state index contributed by atoms with van der Waals surface area (Å²) in [5, 5.41) is 0. The highest BCUT2D eigenvalue weighted by molar-refractivity contribution is 5.93. The summed E-state index contributed by atoms with van der Waals surface area (Å²) in [5.74, 6) is -0.0599. The first-order chi connectivity index (χ1) is 12.2. The number of nitrogens with zero attached hydrogens (tertiary/aromatic N) is 4. The lowest BCUT2D eigenvalue weighted by Crippen LogP contribution is -2.49. The van der Waals surface area contributed by atoms with E-state index in [1.807, 2.05) is 12.1 Å². The maximum Gasteiger partial charge on any atom is 0.409 e. The standard InChI is InChI=1S/C17H24N4O4/c1-2-25-17(23)21-7-5-19(6-8-21)14-3-4-18-15(13-14)16(22)20-9-11-24-12-10-20/h3-4,13H,2,5-12H2,1H3. The largest absolute Gasteiger partial charge is 0.450 e. The first-order valence-corrected chi connectivity index (χ1v) is 8.68. The molecule has 0 atom stereocenters. The number of ether oxygens (including phenoxy) is 2. The maximum atomic E-state index is 12.6. The molecular weight excluding hydrogens is 324 g/mol. The molecule has 2 saturated heterocycles. The Morgan fingerprint density at radius 2 is 1.84 bits per heavy atom. The first kappa shape index (κ1) is 17.5. The average Bonchev–Trinajstić information content (AvgIpc) is 2.68. The van der Waals surface area contributed by atoms with Gasteiger partial charge >= 0.3 is 6.09 Å². The van der Waals surface area contributed by atoms with Crippen molar-refractivity contribution in [2.24, 2.45) is 0 Å². The zero-order valence-electron chi connectivity index (χ0n) is 14.5. The van der Waals surface area contributed by atoms with Crippen LogP contribution in [0.3, 0.4) is 0 Å². The third-order valence-corrected chi connectivity index (χ3v) is 4.43. The number of rotatable bonds is 3. The maximum absolute atomic E-state index is 12.6. The summed E-state index contributed by atoms with van der Waals surface area (Å²) in [6.45, 7) is 7.15. The number of hydrogen-bond donors (Lipinski definition) is 0. The van der Waals surface area contributed by atoms with E-state index < -0.39 is 0 Å². The van der Waals surface area contributed by atoms with Crippen molar-refractivity contribution in [3.05, 3.63) is 24.0 Å². The number of amides is 2. The number of aromatic nitrogens is 1. The molecule has 0 spiro atoms. The predicted molar refractivity (Wildman–Crippen MR) is 91.8 cm³/mol. The van der Waals surface area contributed by atoms with E-state index in [-0.39, 0.29) is 12.0 Å². The van der Waals surface area contributed by atoms with Crippen LogP contribution in [0.5, 0.6) is 0 Å². The van der Waals surface area contributed by atoms with Gasteiger partial charge in [0.05, 0.1) is 19.8 Å². The molecule has 1 aromatic heterocycles. The minimum atomic E-state index is -0.264. The van der Waals surface area contributed by atoms with Gasteiger partial charge in [0.25, 0.3) is 5.91 Å². The number of morpholine rings is 1. The molecule has 0 radical (unpaired) electrons. The van der Waals surface area contributed by atoms with Crippen LogP contribution in [0.15, 0.2) is 18.3 Å². The quantitative estimate of drug-likeness (QED) is 0.806. The summed E-state index contributed by atoms with van der Waals surface area (Å²) < 4.78 is 10.3.